The van der Waals surface area contributed by atoms with Crippen molar-refractivity contribution in [2.24, 2.45) is 5.73 Å². The summed E-state index contributed by atoms with van der Waals surface area (Å²) >= 11 is 0. The van der Waals surface area contributed by atoms with Gasteiger partial charge in [-0.3, -0.25) is 5.41 Å². The van der Waals surface area contributed by atoms with E-state index in [2.05, 4.69) is 4.84 Å². The van der Waals surface area contributed by atoms with Crippen LogP contribution in [0.1, 0.15) is 5.56 Å². The number of hydroxylamine groups is 1. The van der Waals surface area contributed by atoms with Crippen LogP contribution >= 0.6 is 0 Å². The third kappa shape index (κ3) is 3.57. The highest BCUT2D eigenvalue weighted by molar-refractivity contribution is 5.77. The average molecular weight is 193 g/mol. The van der Waals surface area contributed by atoms with Gasteiger partial charge in [-0.1, -0.05) is 30.3 Å². The van der Waals surface area contributed by atoms with Gasteiger partial charge < -0.3 is 10.6 Å². The Morgan fingerprint density at radius 3 is 2.64 bits per heavy atom. The van der Waals surface area contributed by atoms with E-state index >= 15 is 0 Å². The normalized spacial score (nSPS) is 9.14. The van der Waals surface area contributed by atoms with Gasteiger partial charge >= 0.3 is 5.97 Å². The molecule has 0 spiro atoms. The Morgan fingerprint density at radius 2 is 2.07 bits per heavy atom. The van der Waals surface area contributed by atoms with E-state index in [4.69, 9.17) is 11.1 Å². The summed E-state index contributed by atoms with van der Waals surface area (Å²) in [5, 5.41) is 6.76. The van der Waals surface area contributed by atoms with Gasteiger partial charge in [0.1, 0.15) is 0 Å². The molecule has 4 N–H and O–H groups in total. The van der Waals surface area contributed by atoms with Crippen molar-refractivity contribution in [1.82, 2.24) is 5.48 Å². The Morgan fingerprint density at radius 1 is 1.43 bits per heavy atom. The molecule has 0 aliphatic carbocycles. The Labute approximate surface area is 81.3 Å². The summed E-state index contributed by atoms with van der Waals surface area (Å²) in [6.45, 7) is 0. The third-order valence-electron chi connectivity index (χ3n) is 1.47. The van der Waals surface area contributed by atoms with E-state index < -0.39 is 11.9 Å². The van der Waals surface area contributed by atoms with Gasteiger partial charge in [-0.25, -0.2) is 4.79 Å². The fourth-order valence-corrected chi connectivity index (χ4v) is 0.911. The minimum Gasteiger partial charge on any atom is -0.368 e. The van der Waals surface area contributed by atoms with E-state index in [0.717, 1.165) is 5.56 Å². The second kappa shape index (κ2) is 4.86. The standard InChI is InChI=1S/C9H11N3O2/c10-9(11)12-14-8(13)6-7-4-2-1-3-5-7/h1-5H,6H2,(H4,10,11,12). The number of guanidine groups is 1. The lowest BCUT2D eigenvalue weighted by molar-refractivity contribution is -0.147. The molecule has 0 saturated heterocycles. The first kappa shape index (κ1) is 10.0. The zero-order chi connectivity index (χ0) is 10.4. The molecule has 74 valence electrons. The van der Waals surface area contributed by atoms with Crippen molar-refractivity contribution < 1.29 is 9.63 Å². The molecular formula is C9H11N3O2. The Kier molecular flexibility index (Phi) is 3.49. The molecule has 5 heteroatoms. The van der Waals surface area contributed by atoms with Crippen molar-refractivity contribution in [3.8, 4) is 0 Å². The van der Waals surface area contributed by atoms with Crippen LogP contribution in [-0.4, -0.2) is 11.9 Å². The van der Waals surface area contributed by atoms with Crippen LogP contribution in [0.4, 0.5) is 0 Å². The van der Waals surface area contributed by atoms with Crippen LogP contribution in [0.25, 0.3) is 0 Å². The highest BCUT2D eigenvalue weighted by atomic mass is 16.7. The number of hydrogen-bond acceptors (Lipinski definition) is 3. The average Bonchev–Trinajstić information content (AvgIpc) is 2.16. The molecule has 0 fully saturated rings. The maximum atomic E-state index is 11.1. The van der Waals surface area contributed by atoms with E-state index in [1.807, 2.05) is 35.8 Å². The first-order valence-corrected chi connectivity index (χ1v) is 4.02. The number of benzene rings is 1. The quantitative estimate of drug-likeness (QED) is 0.355. The SMILES string of the molecule is N=C(N)NOC(=O)Cc1ccccc1. The summed E-state index contributed by atoms with van der Waals surface area (Å²) in [5.41, 5.74) is 7.76. The zero-order valence-electron chi connectivity index (χ0n) is 7.49. The summed E-state index contributed by atoms with van der Waals surface area (Å²) in [5.74, 6) is -0.877. The van der Waals surface area contributed by atoms with E-state index in [-0.39, 0.29) is 6.42 Å². The number of hydrogen-bond donors (Lipinski definition) is 3. The number of carbonyl (C=O) groups excluding carboxylic acids is 1. The van der Waals surface area contributed by atoms with Gasteiger partial charge in [0, 0.05) is 0 Å². The Hall–Kier alpha value is -2.04. The lowest BCUT2D eigenvalue weighted by atomic mass is 10.2. The minimum atomic E-state index is -0.480. The van der Waals surface area contributed by atoms with Crippen LogP contribution in [0, 0.1) is 5.41 Å². The summed E-state index contributed by atoms with van der Waals surface area (Å²) in [7, 11) is 0. The maximum absolute atomic E-state index is 11.1. The molecule has 0 amide bonds. The van der Waals surface area contributed by atoms with E-state index in [1.54, 1.807) is 0 Å². The molecule has 1 rings (SSSR count). The maximum Gasteiger partial charge on any atom is 0.336 e. The van der Waals surface area contributed by atoms with Gasteiger partial charge in [-0.15, -0.1) is 0 Å². The summed E-state index contributed by atoms with van der Waals surface area (Å²) < 4.78 is 0. The highest BCUT2D eigenvalue weighted by Gasteiger charge is 2.04. The zero-order valence-corrected chi connectivity index (χ0v) is 7.49. The Bertz CT molecular complexity index is 324. The molecular weight excluding hydrogens is 182 g/mol. The summed E-state index contributed by atoms with van der Waals surface area (Å²) in [4.78, 5) is 15.5. The lowest BCUT2D eigenvalue weighted by Crippen LogP contribution is -2.33. The molecule has 0 aliphatic heterocycles. The van der Waals surface area contributed by atoms with Gasteiger partial charge in [-0.05, 0) is 5.56 Å². The van der Waals surface area contributed by atoms with Gasteiger partial charge in [-0.2, -0.15) is 5.48 Å². The van der Waals surface area contributed by atoms with Crippen molar-refractivity contribution in [2.75, 3.05) is 0 Å². The van der Waals surface area contributed by atoms with E-state index in [9.17, 15) is 4.79 Å². The molecule has 5 nitrogen and oxygen atoms in total. The molecule has 14 heavy (non-hydrogen) atoms. The molecule has 0 bridgehead atoms. The van der Waals surface area contributed by atoms with Gasteiger partial charge in [0.25, 0.3) is 0 Å². The molecule has 0 aliphatic rings. The fraction of sp³-hybridized carbons (Fsp3) is 0.111. The fourth-order valence-electron chi connectivity index (χ4n) is 0.911. The first-order valence-electron chi connectivity index (χ1n) is 4.02. The number of nitrogens with one attached hydrogen (secondary N) is 2. The van der Waals surface area contributed by atoms with Crippen LogP contribution in [-0.2, 0) is 16.1 Å². The molecule has 1 aromatic rings. The van der Waals surface area contributed by atoms with E-state index in [1.165, 1.54) is 0 Å². The van der Waals surface area contributed by atoms with Crippen LogP contribution in [0.15, 0.2) is 30.3 Å². The second-order valence-electron chi connectivity index (χ2n) is 2.65. The van der Waals surface area contributed by atoms with Crippen LogP contribution in [0.3, 0.4) is 0 Å². The largest absolute Gasteiger partial charge is 0.368 e. The molecule has 0 unspecified atom stereocenters. The number of rotatable bonds is 2. The van der Waals surface area contributed by atoms with Gasteiger partial charge in [0.15, 0.2) is 0 Å². The predicted molar refractivity (Wildman–Crippen MR) is 51.3 cm³/mol. The smallest absolute Gasteiger partial charge is 0.336 e. The highest BCUT2D eigenvalue weighted by Crippen LogP contribution is 1.99. The van der Waals surface area contributed by atoms with Crippen molar-refractivity contribution in [2.45, 2.75) is 6.42 Å². The van der Waals surface area contributed by atoms with Crippen LogP contribution < -0.4 is 11.2 Å². The minimum absolute atomic E-state index is 0.154. The van der Waals surface area contributed by atoms with Gasteiger partial charge in [0.2, 0.25) is 5.96 Å². The van der Waals surface area contributed by atoms with Gasteiger partial charge in [0.05, 0.1) is 6.42 Å². The number of nitrogens with two attached hydrogens (primary N) is 1. The molecule has 0 radical (unpaired) electrons. The van der Waals surface area contributed by atoms with Crippen molar-refractivity contribution in [1.29, 1.82) is 5.41 Å². The second-order valence-corrected chi connectivity index (χ2v) is 2.65. The molecule has 0 atom stereocenters. The monoisotopic (exact) mass is 193 g/mol. The summed E-state index contributed by atoms with van der Waals surface area (Å²) in [6.07, 6.45) is 0.154. The Balaban J connectivity index is 2.38. The topological polar surface area (TPSA) is 88.2 Å². The van der Waals surface area contributed by atoms with Crippen LogP contribution in [0.5, 0.6) is 0 Å². The van der Waals surface area contributed by atoms with Crippen molar-refractivity contribution in [3.63, 3.8) is 0 Å². The van der Waals surface area contributed by atoms with Crippen molar-refractivity contribution in [3.05, 3.63) is 35.9 Å². The lowest BCUT2D eigenvalue weighted by Gasteiger charge is -2.03. The molecule has 0 saturated carbocycles. The van der Waals surface area contributed by atoms with E-state index in [0.29, 0.717) is 0 Å². The molecule has 0 aromatic heterocycles. The third-order valence-corrected chi connectivity index (χ3v) is 1.47. The number of carbonyl (C=O) groups is 1. The van der Waals surface area contributed by atoms with Crippen LogP contribution in [0.2, 0.25) is 0 Å². The predicted octanol–water partition coefficient (Wildman–Crippen LogP) is 0.170. The summed E-state index contributed by atoms with van der Waals surface area (Å²) in [6, 6.07) is 9.16. The molecule has 0 heterocycles. The molecule has 1 aromatic carbocycles. The van der Waals surface area contributed by atoms with Crippen molar-refractivity contribution >= 4 is 11.9 Å². The first-order chi connectivity index (χ1) is 6.68.